The zero-order chi connectivity index (χ0) is 27.1. The molecule has 2 aromatic heterocycles. The number of nitrogens with zero attached hydrogens (tertiary/aromatic N) is 4. The number of aryl methyl sites for hydroxylation is 1. The van der Waals surface area contributed by atoms with Crippen LogP contribution in [0.15, 0.2) is 77.7 Å². The second-order valence-corrected chi connectivity index (χ2v) is 9.12. The Morgan fingerprint density at radius 1 is 1.24 bits per heavy atom. The number of hydrogen-bond donors (Lipinski definition) is 3. The molecule has 0 saturated carbocycles. The zero-order valence-corrected chi connectivity index (χ0v) is 21.7. The maximum Gasteiger partial charge on any atom is 0.270 e. The molecule has 0 aliphatic carbocycles. The summed E-state index contributed by atoms with van der Waals surface area (Å²) in [6, 6.07) is 13.7. The van der Waals surface area contributed by atoms with Crippen molar-refractivity contribution >= 4 is 29.9 Å². The Morgan fingerprint density at radius 2 is 2.03 bits per heavy atom. The number of hydrogen-bond acceptors (Lipinski definition) is 6. The Balaban J connectivity index is 1.45. The highest BCUT2D eigenvalue weighted by atomic mass is 16.2. The number of carbonyl (C=O) groups is 2. The summed E-state index contributed by atoms with van der Waals surface area (Å²) in [7, 11) is 1.44. The van der Waals surface area contributed by atoms with Crippen molar-refractivity contribution in [1.82, 2.24) is 25.2 Å². The molecule has 2 atom stereocenters. The highest BCUT2D eigenvalue weighted by molar-refractivity contribution is 6.46. The van der Waals surface area contributed by atoms with Crippen molar-refractivity contribution in [3.63, 3.8) is 0 Å². The Labute approximate surface area is 221 Å². The van der Waals surface area contributed by atoms with Gasteiger partial charge >= 0.3 is 0 Å². The van der Waals surface area contributed by atoms with Crippen LogP contribution in [0.1, 0.15) is 36.3 Å². The summed E-state index contributed by atoms with van der Waals surface area (Å²) in [6.45, 7) is 4.20. The summed E-state index contributed by atoms with van der Waals surface area (Å²) in [6.07, 6.45) is 10.8. The van der Waals surface area contributed by atoms with Crippen LogP contribution in [0.25, 0.3) is 17.5 Å². The van der Waals surface area contributed by atoms with Crippen molar-refractivity contribution in [3.05, 3.63) is 89.8 Å². The lowest BCUT2D eigenvalue weighted by Gasteiger charge is -2.17. The highest BCUT2D eigenvalue weighted by Gasteiger charge is 2.28. The van der Waals surface area contributed by atoms with Gasteiger partial charge in [-0.05, 0) is 31.1 Å². The molecule has 9 heteroatoms. The van der Waals surface area contributed by atoms with Gasteiger partial charge in [0.05, 0.1) is 17.9 Å². The summed E-state index contributed by atoms with van der Waals surface area (Å²) >= 11 is 0. The quantitative estimate of drug-likeness (QED) is 0.399. The van der Waals surface area contributed by atoms with E-state index in [2.05, 4.69) is 27.5 Å². The summed E-state index contributed by atoms with van der Waals surface area (Å²) < 4.78 is 1.97. The van der Waals surface area contributed by atoms with Crippen LogP contribution in [0.5, 0.6) is 0 Å². The Morgan fingerprint density at radius 3 is 2.71 bits per heavy atom. The third kappa shape index (κ3) is 6.18. The first kappa shape index (κ1) is 26.4. The van der Waals surface area contributed by atoms with Gasteiger partial charge in [0.15, 0.2) is 0 Å². The topological polar surface area (TPSA) is 125 Å². The fourth-order valence-electron chi connectivity index (χ4n) is 4.12. The third-order valence-corrected chi connectivity index (χ3v) is 6.27. The van der Waals surface area contributed by atoms with Gasteiger partial charge in [-0.25, -0.2) is 4.98 Å². The van der Waals surface area contributed by atoms with Gasteiger partial charge < -0.3 is 20.6 Å². The fraction of sp³-hybridized carbons (Fsp3) is 0.241. The number of nitrogens with one attached hydrogen (secondary N) is 3. The van der Waals surface area contributed by atoms with E-state index < -0.39 is 17.7 Å². The number of benzene rings is 1. The van der Waals surface area contributed by atoms with Gasteiger partial charge in [-0.3, -0.25) is 19.6 Å². The van der Waals surface area contributed by atoms with Gasteiger partial charge in [-0.1, -0.05) is 49.4 Å². The molecule has 4 rings (SSSR count). The van der Waals surface area contributed by atoms with Gasteiger partial charge in [-0.2, -0.15) is 0 Å². The average molecular weight is 510 g/mol. The number of fused-ring (bicyclic) bond motifs is 1. The van der Waals surface area contributed by atoms with E-state index in [9.17, 15) is 9.59 Å². The molecule has 2 amide bonds. The van der Waals surface area contributed by atoms with Gasteiger partial charge in [-0.15, -0.1) is 0 Å². The molecule has 194 valence electrons. The Kier molecular flexibility index (Phi) is 8.37. The monoisotopic (exact) mass is 509 g/mol. The molecule has 1 aromatic carbocycles. The van der Waals surface area contributed by atoms with Crippen molar-refractivity contribution in [2.24, 2.45) is 10.9 Å². The fourth-order valence-corrected chi connectivity index (χ4v) is 4.12. The van der Waals surface area contributed by atoms with Crippen LogP contribution >= 0.6 is 0 Å². The molecular weight excluding hydrogens is 478 g/mol. The number of rotatable bonds is 8. The number of aliphatic imine (C=N–C) groups is 1. The Bertz CT molecular complexity index is 1400. The number of amides is 2. The highest BCUT2D eigenvalue weighted by Crippen LogP contribution is 2.26. The van der Waals surface area contributed by atoms with E-state index in [4.69, 9.17) is 10.4 Å². The van der Waals surface area contributed by atoms with Gasteiger partial charge in [0, 0.05) is 49.0 Å². The van der Waals surface area contributed by atoms with E-state index in [1.54, 1.807) is 12.3 Å². The summed E-state index contributed by atoms with van der Waals surface area (Å²) in [5.74, 6) is -1.12. The van der Waals surface area contributed by atoms with Crippen LogP contribution < -0.4 is 10.6 Å². The molecule has 0 bridgehead atoms. The molecule has 0 saturated heterocycles. The zero-order valence-electron chi connectivity index (χ0n) is 21.7. The van der Waals surface area contributed by atoms with Gasteiger partial charge in [0.1, 0.15) is 17.5 Å². The molecule has 9 nitrogen and oxygen atoms in total. The second-order valence-electron chi connectivity index (χ2n) is 9.12. The largest absolute Gasteiger partial charge is 0.350 e. The minimum absolute atomic E-state index is 0.0477. The number of allylic oxidation sites excluding steroid dienone is 2. The average Bonchev–Trinajstić information content (AvgIpc) is 3.36. The van der Waals surface area contributed by atoms with Crippen LogP contribution in [0.3, 0.4) is 0 Å². The molecule has 1 aliphatic heterocycles. The predicted octanol–water partition coefficient (Wildman–Crippen LogP) is 3.88. The van der Waals surface area contributed by atoms with E-state index in [0.717, 1.165) is 28.9 Å². The maximum absolute atomic E-state index is 13.1. The minimum Gasteiger partial charge on any atom is -0.350 e. The normalized spacial score (nSPS) is 15.9. The minimum atomic E-state index is -1.13. The van der Waals surface area contributed by atoms with E-state index in [-0.39, 0.29) is 18.2 Å². The van der Waals surface area contributed by atoms with E-state index in [1.807, 2.05) is 72.4 Å². The lowest BCUT2D eigenvalue weighted by molar-refractivity contribution is -0.122. The lowest BCUT2D eigenvalue weighted by atomic mass is 10.0. The van der Waals surface area contributed by atoms with E-state index in [1.165, 1.54) is 7.05 Å². The number of carbonyl (C=O) groups excluding carboxylic acids is 2. The summed E-state index contributed by atoms with van der Waals surface area (Å²) in [5.41, 5.74) is 4.14. The smallest absolute Gasteiger partial charge is 0.270 e. The molecule has 0 fully saturated rings. The first-order valence-electron chi connectivity index (χ1n) is 12.4. The van der Waals surface area contributed by atoms with Gasteiger partial charge in [0.2, 0.25) is 5.91 Å². The number of pyridine rings is 1. The Hall–Kier alpha value is -4.66. The van der Waals surface area contributed by atoms with Crippen molar-refractivity contribution in [1.29, 1.82) is 5.41 Å². The molecule has 0 spiro atoms. The molecule has 3 N–H and O–H groups in total. The van der Waals surface area contributed by atoms with Crippen LogP contribution in [0.4, 0.5) is 0 Å². The van der Waals surface area contributed by atoms with Crippen LogP contribution in [0.2, 0.25) is 0 Å². The van der Waals surface area contributed by atoms with Crippen molar-refractivity contribution < 1.29 is 9.59 Å². The molecule has 3 heterocycles. The van der Waals surface area contributed by atoms with Crippen molar-refractivity contribution in [2.45, 2.75) is 32.7 Å². The van der Waals surface area contributed by atoms with E-state index >= 15 is 0 Å². The van der Waals surface area contributed by atoms with Gasteiger partial charge in [0.25, 0.3) is 5.91 Å². The molecule has 3 aromatic rings. The van der Waals surface area contributed by atoms with Crippen molar-refractivity contribution in [2.75, 3.05) is 7.05 Å². The number of imidazole rings is 1. The third-order valence-electron chi connectivity index (χ3n) is 6.27. The molecule has 1 aliphatic rings. The molecule has 38 heavy (non-hydrogen) atoms. The standard InChI is InChI=1S/C29H31N7O2/c1-19-9-11-23(32-16-19)17-33-28(37)24(15-30)26(31-3)29(38)34-22-12-10-20(2)27-35-25(18-36(27)14-13-22)21-7-5-4-6-8-21/h4-9,11-16,18,20,24,30H,10,17H2,1-3H3,(H,33,37)(H,34,38). The summed E-state index contributed by atoms with van der Waals surface area (Å²) in [4.78, 5) is 39.1. The first-order chi connectivity index (χ1) is 18.4. The predicted molar refractivity (Wildman–Crippen MR) is 149 cm³/mol. The summed E-state index contributed by atoms with van der Waals surface area (Å²) in [5, 5.41) is 13.4. The lowest BCUT2D eigenvalue weighted by Crippen LogP contribution is -2.43. The van der Waals surface area contributed by atoms with Crippen LogP contribution in [-0.2, 0) is 16.1 Å². The maximum atomic E-state index is 13.1. The second kappa shape index (κ2) is 12.1. The van der Waals surface area contributed by atoms with Crippen molar-refractivity contribution in [3.8, 4) is 11.3 Å². The molecule has 0 radical (unpaired) electrons. The molecule has 2 unspecified atom stereocenters. The van der Waals surface area contributed by atoms with Crippen LogP contribution in [-0.4, -0.2) is 45.3 Å². The number of aromatic nitrogens is 3. The van der Waals surface area contributed by atoms with Crippen LogP contribution in [0, 0.1) is 18.3 Å². The first-order valence-corrected chi connectivity index (χ1v) is 12.4. The SMILES string of the molecule is CN=C(C(=O)NC1=CCC(C)c2nc(-c3ccccc3)cn2C=C1)C(C=N)C(=O)NCc1ccc(C)cn1. The van der Waals surface area contributed by atoms with E-state index in [0.29, 0.717) is 17.8 Å². The molecular formula is C29H31N7O2.